The van der Waals surface area contributed by atoms with Gasteiger partial charge in [0.25, 0.3) is 0 Å². The van der Waals surface area contributed by atoms with Crippen LogP contribution in [0.2, 0.25) is 0 Å². The molecule has 1 aromatic heterocycles. The van der Waals surface area contributed by atoms with Gasteiger partial charge in [0, 0.05) is 38.9 Å². The number of benzene rings is 1. The van der Waals surface area contributed by atoms with Crippen LogP contribution in [-0.2, 0) is 11.3 Å². The van der Waals surface area contributed by atoms with Crippen molar-refractivity contribution in [2.75, 3.05) is 50.6 Å². The fourth-order valence-corrected chi connectivity index (χ4v) is 4.02. The summed E-state index contributed by atoms with van der Waals surface area (Å²) in [6, 6.07) is 10.2. The molecule has 3 rings (SSSR count). The number of rotatable bonds is 8. The van der Waals surface area contributed by atoms with Crippen LogP contribution >= 0.6 is 0 Å². The highest BCUT2D eigenvalue weighted by atomic mass is 16.2. The van der Waals surface area contributed by atoms with Crippen LogP contribution in [0.15, 0.2) is 30.3 Å². The molecule has 0 spiro atoms. The first-order valence-corrected chi connectivity index (χ1v) is 10.7. The van der Waals surface area contributed by atoms with Crippen molar-refractivity contribution in [3.8, 4) is 0 Å². The standard InChI is InChI=1S/C23H34N6O/c1-6-29(19-10-7-9-17(2)13-19)22(30)16-28-12-8-11-20(28)23-25-18(15-24-3)14-21(26-23)27(4)5/h7,9-10,13-14,20,24H,6,8,11-12,15-16H2,1-5H3/t20-/m0/s1. The van der Waals surface area contributed by atoms with Crippen molar-refractivity contribution in [1.29, 1.82) is 0 Å². The van der Waals surface area contributed by atoms with Crippen LogP contribution in [0.5, 0.6) is 0 Å². The van der Waals surface area contributed by atoms with Gasteiger partial charge in [0.1, 0.15) is 11.6 Å². The Balaban J connectivity index is 1.81. The zero-order valence-corrected chi connectivity index (χ0v) is 18.9. The monoisotopic (exact) mass is 410 g/mol. The van der Waals surface area contributed by atoms with Crippen LogP contribution in [0.1, 0.15) is 42.9 Å². The van der Waals surface area contributed by atoms with Crippen molar-refractivity contribution in [2.24, 2.45) is 0 Å². The summed E-state index contributed by atoms with van der Waals surface area (Å²) in [5.41, 5.74) is 3.09. The fourth-order valence-electron chi connectivity index (χ4n) is 4.02. The first-order chi connectivity index (χ1) is 14.4. The molecule has 0 bridgehead atoms. The molecule has 1 saturated heterocycles. The minimum Gasteiger partial charge on any atom is -0.363 e. The molecule has 30 heavy (non-hydrogen) atoms. The van der Waals surface area contributed by atoms with E-state index in [1.165, 1.54) is 0 Å². The van der Waals surface area contributed by atoms with E-state index in [9.17, 15) is 4.79 Å². The molecule has 0 saturated carbocycles. The minimum absolute atomic E-state index is 0.0701. The Labute approximate surface area is 180 Å². The van der Waals surface area contributed by atoms with E-state index in [0.717, 1.165) is 48.0 Å². The van der Waals surface area contributed by atoms with Crippen molar-refractivity contribution in [1.82, 2.24) is 20.2 Å². The van der Waals surface area contributed by atoms with Crippen LogP contribution in [0, 0.1) is 6.92 Å². The van der Waals surface area contributed by atoms with Gasteiger partial charge in [0.15, 0.2) is 0 Å². The third kappa shape index (κ3) is 5.15. The van der Waals surface area contributed by atoms with E-state index >= 15 is 0 Å². The third-order valence-electron chi connectivity index (χ3n) is 5.53. The molecular weight excluding hydrogens is 376 g/mol. The number of likely N-dealkylation sites (tertiary alicyclic amines) is 1. The Morgan fingerprint density at radius 1 is 1.27 bits per heavy atom. The van der Waals surface area contributed by atoms with Crippen molar-refractivity contribution in [2.45, 2.75) is 39.3 Å². The highest BCUT2D eigenvalue weighted by molar-refractivity contribution is 5.94. The number of likely N-dealkylation sites (N-methyl/N-ethyl adjacent to an activating group) is 1. The maximum atomic E-state index is 13.2. The predicted octanol–water partition coefficient (Wildman–Crippen LogP) is 2.76. The first-order valence-electron chi connectivity index (χ1n) is 10.7. The van der Waals surface area contributed by atoms with Gasteiger partial charge >= 0.3 is 0 Å². The number of nitrogens with one attached hydrogen (secondary N) is 1. The topological polar surface area (TPSA) is 64.6 Å². The maximum absolute atomic E-state index is 13.2. The number of anilines is 2. The lowest BCUT2D eigenvalue weighted by Gasteiger charge is -2.28. The molecule has 2 heterocycles. The third-order valence-corrected chi connectivity index (χ3v) is 5.53. The van der Waals surface area contributed by atoms with E-state index in [0.29, 0.717) is 19.6 Å². The number of aryl methyl sites for hydroxylation is 1. The molecule has 1 aromatic carbocycles. The highest BCUT2D eigenvalue weighted by Crippen LogP contribution is 2.31. The molecule has 0 aliphatic carbocycles. The van der Waals surface area contributed by atoms with Gasteiger partial charge < -0.3 is 15.1 Å². The van der Waals surface area contributed by atoms with Crippen molar-refractivity contribution < 1.29 is 4.79 Å². The second kappa shape index (κ2) is 10.00. The Kier molecular flexibility index (Phi) is 7.39. The number of hydrogen-bond donors (Lipinski definition) is 1. The first kappa shape index (κ1) is 22.2. The SMILES string of the molecule is CCN(C(=O)CN1CCC[C@H]1c1nc(CNC)cc(N(C)C)n1)c1cccc(C)c1. The molecule has 2 aromatic rings. The van der Waals surface area contributed by atoms with E-state index in [1.54, 1.807) is 0 Å². The minimum atomic E-state index is 0.0701. The second-order valence-corrected chi connectivity index (χ2v) is 8.11. The lowest BCUT2D eigenvalue weighted by molar-refractivity contribution is -0.120. The summed E-state index contributed by atoms with van der Waals surface area (Å²) in [6.07, 6.45) is 2.02. The number of hydrogen-bond acceptors (Lipinski definition) is 6. The van der Waals surface area contributed by atoms with Crippen LogP contribution < -0.4 is 15.1 Å². The molecule has 1 atom stereocenters. The molecule has 0 radical (unpaired) electrons. The van der Waals surface area contributed by atoms with E-state index in [-0.39, 0.29) is 11.9 Å². The molecule has 7 nitrogen and oxygen atoms in total. The fraction of sp³-hybridized carbons (Fsp3) is 0.522. The zero-order valence-electron chi connectivity index (χ0n) is 18.9. The predicted molar refractivity (Wildman–Crippen MR) is 122 cm³/mol. The number of carbonyl (C=O) groups excluding carboxylic acids is 1. The molecule has 1 aliphatic heterocycles. The van der Waals surface area contributed by atoms with Gasteiger partial charge in [0.2, 0.25) is 5.91 Å². The summed E-state index contributed by atoms with van der Waals surface area (Å²) >= 11 is 0. The Hall–Kier alpha value is -2.51. The Morgan fingerprint density at radius 3 is 2.73 bits per heavy atom. The Morgan fingerprint density at radius 2 is 2.07 bits per heavy atom. The van der Waals surface area contributed by atoms with Crippen molar-refractivity contribution in [3.63, 3.8) is 0 Å². The molecule has 1 amide bonds. The quantitative estimate of drug-likeness (QED) is 0.722. The van der Waals surface area contributed by atoms with Gasteiger partial charge in [-0.15, -0.1) is 0 Å². The van der Waals surface area contributed by atoms with Crippen molar-refractivity contribution >= 4 is 17.4 Å². The summed E-state index contributed by atoms with van der Waals surface area (Å²) < 4.78 is 0. The van der Waals surface area contributed by atoms with Crippen molar-refractivity contribution in [3.05, 3.63) is 47.4 Å². The molecule has 1 fully saturated rings. The second-order valence-electron chi connectivity index (χ2n) is 8.11. The maximum Gasteiger partial charge on any atom is 0.241 e. The molecule has 1 N–H and O–H groups in total. The summed E-state index contributed by atoms with van der Waals surface area (Å²) in [6.45, 7) is 6.69. The zero-order chi connectivity index (χ0) is 21.7. The summed E-state index contributed by atoms with van der Waals surface area (Å²) in [5.74, 6) is 1.84. The van der Waals surface area contributed by atoms with E-state index in [1.807, 2.05) is 56.1 Å². The van der Waals surface area contributed by atoms with Crippen LogP contribution in [0.4, 0.5) is 11.5 Å². The lowest BCUT2D eigenvalue weighted by atomic mass is 10.2. The van der Waals surface area contributed by atoms with Crippen LogP contribution in [0.3, 0.4) is 0 Å². The van der Waals surface area contributed by atoms with Gasteiger partial charge in [0.05, 0.1) is 18.3 Å². The summed E-state index contributed by atoms with van der Waals surface area (Å²) in [7, 11) is 5.90. The molecule has 162 valence electrons. The average Bonchev–Trinajstić information content (AvgIpc) is 3.16. The Bertz CT molecular complexity index is 869. The number of carbonyl (C=O) groups is 1. The van der Waals surface area contributed by atoms with Gasteiger partial charge in [-0.1, -0.05) is 12.1 Å². The van der Waals surface area contributed by atoms with E-state index < -0.39 is 0 Å². The molecule has 1 aliphatic rings. The summed E-state index contributed by atoms with van der Waals surface area (Å²) in [4.78, 5) is 28.9. The normalized spacial score (nSPS) is 16.6. The average molecular weight is 411 g/mol. The van der Waals surface area contributed by atoms with E-state index in [4.69, 9.17) is 9.97 Å². The van der Waals surface area contributed by atoms with Gasteiger partial charge in [-0.2, -0.15) is 0 Å². The number of amides is 1. The van der Waals surface area contributed by atoms with Gasteiger partial charge in [-0.05, 0) is 58.0 Å². The van der Waals surface area contributed by atoms with E-state index in [2.05, 4.69) is 29.3 Å². The number of aromatic nitrogens is 2. The lowest BCUT2D eigenvalue weighted by Crippen LogP contribution is -2.40. The smallest absolute Gasteiger partial charge is 0.241 e. The number of nitrogens with zero attached hydrogens (tertiary/aromatic N) is 5. The highest BCUT2D eigenvalue weighted by Gasteiger charge is 2.31. The molecule has 0 unspecified atom stereocenters. The van der Waals surface area contributed by atoms with Crippen LogP contribution in [-0.4, -0.2) is 61.6 Å². The largest absolute Gasteiger partial charge is 0.363 e. The molecular formula is C23H34N6O. The van der Waals surface area contributed by atoms with Crippen LogP contribution in [0.25, 0.3) is 0 Å². The van der Waals surface area contributed by atoms with Gasteiger partial charge in [-0.25, -0.2) is 9.97 Å². The molecule has 7 heteroatoms. The summed E-state index contributed by atoms with van der Waals surface area (Å²) in [5, 5.41) is 3.17. The van der Waals surface area contributed by atoms with Gasteiger partial charge in [-0.3, -0.25) is 9.69 Å².